The molecule has 6 N–H and O–H groups in total. The van der Waals surface area contributed by atoms with Crippen LogP contribution < -0.4 is 5.32 Å². The molecule has 0 spiro atoms. The van der Waals surface area contributed by atoms with Gasteiger partial charge in [0.25, 0.3) is 5.08 Å². The SMILES string of the molecule is O=P(O)(O)C(O)(C1CCNC1)P(=O)(O)O. The Morgan fingerprint density at radius 3 is 1.87 bits per heavy atom. The minimum absolute atomic E-state index is 0.0350. The van der Waals surface area contributed by atoms with E-state index in [9.17, 15) is 14.2 Å². The minimum atomic E-state index is -5.31. The summed E-state index contributed by atoms with van der Waals surface area (Å²) in [5, 5.41) is 9.02. The summed E-state index contributed by atoms with van der Waals surface area (Å²) in [4.78, 5) is 35.5. The van der Waals surface area contributed by atoms with E-state index in [2.05, 4.69) is 5.32 Å². The van der Waals surface area contributed by atoms with E-state index in [4.69, 9.17) is 19.6 Å². The van der Waals surface area contributed by atoms with Crippen LogP contribution in [-0.4, -0.2) is 42.9 Å². The molecule has 1 atom stereocenters. The molecule has 0 aromatic rings. The zero-order chi connectivity index (χ0) is 11.9. The molecule has 10 heteroatoms. The molecule has 0 saturated carbocycles. The van der Waals surface area contributed by atoms with Gasteiger partial charge in [-0.1, -0.05) is 0 Å². The van der Waals surface area contributed by atoms with Gasteiger partial charge in [0.2, 0.25) is 0 Å². The molecule has 1 fully saturated rings. The predicted octanol–water partition coefficient (Wildman–Crippen LogP) is -1.40. The third kappa shape index (κ3) is 2.18. The van der Waals surface area contributed by atoms with Gasteiger partial charge in [-0.3, -0.25) is 9.13 Å². The van der Waals surface area contributed by atoms with Crippen LogP contribution in [0.2, 0.25) is 0 Å². The molecule has 0 radical (unpaired) electrons. The van der Waals surface area contributed by atoms with Gasteiger partial charge in [-0.2, -0.15) is 0 Å². The molecule has 0 aromatic heterocycles. The Balaban J connectivity index is 3.18. The molecule has 1 aliphatic rings. The monoisotopic (exact) mass is 261 g/mol. The minimum Gasteiger partial charge on any atom is -0.367 e. The van der Waals surface area contributed by atoms with E-state index in [0.29, 0.717) is 6.54 Å². The van der Waals surface area contributed by atoms with Crippen LogP contribution in [0.15, 0.2) is 0 Å². The van der Waals surface area contributed by atoms with E-state index in [1.165, 1.54) is 0 Å². The number of aliphatic hydroxyl groups is 1. The van der Waals surface area contributed by atoms with Crippen LogP contribution in [-0.2, 0) is 9.13 Å². The lowest BCUT2D eigenvalue weighted by atomic mass is 10.1. The molecular weight excluding hydrogens is 248 g/mol. The van der Waals surface area contributed by atoms with Crippen molar-refractivity contribution in [2.75, 3.05) is 13.1 Å². The maximum Gasteiger partial charge on any atom is 0.369 e. The summed E-state index contributed by atoms with van der Waals surface area (Å²) in [6, 6.07) is 0. The molecule has 15 heavy (non-hydrogen) atoms. The molecular formula is C5H13NO7P2. The normalized spacial score (nSPS) is 24.5. The van der Waals surface area contributed by atoms with Gasteiger partial charge < -0.3 is 30.0 Å². The number of rotatable bonds is 3. The lowest BCUT2D eigenvalue weighted by molar-refractivity contribution is 0.0856. The highest BCUT2D eigenvalue weighted by atomic mass is 31.2. The Morgan fingerprint density at radius 2 is 1.60 bits per heavy atom. The molecule has 1 heterocycles. The van der Waals surface area contributed by atoms with Crippen molar-refractivity contribution in [3.8, 4) is 0 Å². The van der Waals surface area contributed by atoms with E-state index in [1.54, 1.807) is 0 Å². The van der Waals surface area contributed by atoms with Gasteiger partial charge in [0.05, 0.1) is 0 Å². The number of hydrogen-bond donors (Lipinski definition) is 6. The third-order valence-electron chi connectivity index (χ3n) is 2.47. The van der Waals surface area contributed by atoms with E-state index in [1.807, 2.05) is 0 Å². The smallest absolute Gasteiger partial charge is 0.367 e. The average Bonchev–Trinajstić information content (AvgIpc) is 2.49. The first-order valence-electron chi connectivity index (χ1n) is 4.15. The van der Waals surface area contributed by atoms with Crippen molar-refractivity contribution in [1.29, 1.82) is 0 Å². The van der Waals surface area contributed by atoms with Crippen molar-refractivity contribution in [1.82, 2.24) is 5.32 Å². The predicted molar refractivity (Wildman–Crippen MR) is 50.0 cm³/mol. The summed E-state index contributed by atoms with van der Waals surface area (Å²) in [6.45, 7) is 0.319. The number of nitrogens with one attached hydrogen (secondary N) is 1. The average molecular weight is 261 g/mol. The molecule has 1 saturated heterocycles. The van der Waals surface area contributed by atoms with Gasteiger partial charge in [-0.15, -0.1) is 0 Å². The molecule has 0 aliphatic carbocycles. The summed E-state index contributed by atoms with van der Waals surface area (Å²) in [7, 11) is -10.6. The highest BCUT2D eigenvalue weighted by Crippen LogP contribution is 2.71. The highest BCUT2D eigenvalue weighted by Gasteiger charge is 2.64. The topological polar surface area (TPSA) is 147 Å². The van der Waals surface area contributed by atoms with Crippen molar-refractivity contribution in [2.24, 2.45) is 5.92 Å². The van der Waals surface area contributed by atoms with Crippen molar-refractivity contribution in [3.63, 3.8) is 0 Å². The maximum atomic E-state index is 11.0. The lowest BCUT2D eigenvalue weighted by Gasteiger charge is -2.33. The fraction of sp³-hybridized carbons (Fsp3) is 1.00. The maximum absolute atomic E-state index is 11.0. The van der Waals surface area contributed by atoms with Gasteiger partial charge in [0.1, 0.15) is 0 Å². The summed E-state index contributed by atoms with van der Waals surface area (Å²) in [6.07, 6.45) is 0.104. The van der Waals surface area contributed by atoms with Gasteiger partial charge in [-0.25, -0.2) is 0 Å². The fourth-order valence-corrected chi connectivity index (χ4v) is 4.38. The van der Waals surface area contributed by atoms with Crippen molar-refractivity contribution in [2.45, 2.75) is 11.5 Å². The van der Waals surface area contributed by atoms with E-state index >= 15 is 0 Å². The first-order chi connectivity index (χ1) is 6.61. The Hall–Kier alpha value is 0.220. The van der Waals surface area contributed by atoms with Crippen molar-refractivity contribution in [3.05, 3.63) is 0 Å². The Kier molecular flexibility index (Phi) is 3.46. The standard InChI is InChI=1S/C5H13NO7P2/c7-5(14(8,9)10,15(11,12)13)4-1-2-6-3-4/h4,6-7H,1-3H2,(H2,8,9,10)(H2,11,12,13). The highest BCUT2D eigenvalue weighted by molar-refractivity contribution is 7.72. The quantitative estimate of drug-likeness (QED) is 0.340. The molecule has 8 nitrogen and oxygen atoms in total. The van der Waals surface area contributed by atoms with Crippen LogP contribution in [0.5, 0.6) is 0 Å². The lowest BCUT2D eigenvalue weighted by Crippen LogP contribution is -2.38. The molecule has 0 amide bonds. The first-order valence-corrected chi connectivity index (χ1v) is 7.37. The van der Waals surface area contributed by atoms with Crippen LogP contribution in [0.4, 0.5) is 0 Å². The number of hydrogen-bond acceptors (Lipinski definition) is 4. The largest absolute Gasteiger partial charge is 0.369 e. The van der Waals surface area contributed by atoms with E-state index in [-0.39, 0.29) is 13.0 Å². The summed E-state index contributed by atoms with van der Waals surface area (Å²) >= 11 is 0. The Morgan fingerprint density at radius 1 is 1.13 bits per heavy atom. The molecule has 1 rings (SSSR count). The van der Waals surface area contributed by atoms with Gasteiger partial charge >= 0.3 is 15.2 Å². The molecule has 0 bridgehead atoms. The third-order valence-corrected chi connectivity index (χ3v) is 6.47. The zero-order valence-electron chi connectivity index (χ0n) is 7.65. The fourth-order valence-electron chi connectivity index (χ4n) is 1.63. The molecule has 0 aromatic carbocycles. The van der Waals surface area contributed by atoms with Crippen molar-refractivity contribution >= 4 is 15.2 Å². The van der Waals surface area contributed by atoms with Crippen LogP contribution >= 0.6 is 15.2 Å². The zero-order valence-corrected chi connectivity index (χ0v) is 9.43. The van der Waals surface area contributed by atoms with Crippen LogP contribution in [0.25, 0.3) is 0 Å². The molecule has 1 aliphatic heterocycles. The second-order valence-electron chi connectivity index (χ2n) is 3.47. The van der Waals surface area contributed by atoms with Gasteiger partial charge in [-0.05, 0) is 13.0 Å². The summed E-state index contributed by atoms with van der Waals surface area (Å²) in [5.41, 5.74) is 0. The summed E-state index contributed by atoms with van der Waals surface area (Å²) < 4.78 is 22.0. The first kappa shape index (κ1) is 13.3. The Labute approximate surface area is 85.6 Å². The van der Waals surface area contributed by atoms with Crippen LogP contribution in [0, 0.1) is 5.92 Å². The van der Waals surface area contributed by atoms with Crippen LogP contribution in [0.1, 0.15) is 6.42 Å². The second-order valence-corrected chi connectivity index (χ2v) is 7.36. The van der Waals surface area contributed by atoms with E-state index < -0.39 is 26.2 Å². The second kappa shape index (κ2) is 3.91. The van der Waals surface area contributed by atoms with Gasteiger partial charge in [0, 0.05) is 12.5 Å². The molecule has 1 unspecified atom stereocenters. The Bertz CT molecular complexity index is 304. The van der Waals surface area contributed by atoms with Gasteiger partial charge in [0.15, 0.2) is 0 Å². The molecule has 90 valence electrons. The van der Waals surface area contributed by atoms with Crippen LogP contribution in [0.3, 0.4) is 0 Å². The summed E-state index contributed by atoms with van der Waals surface area (Å²) in [5.74, 6) is -1.15. The van der Waals surface area contributed by atoms with E-state index in [0.717, 1.165) is 0 Å². The van der Waals surface area contributed by atoms with Crippen molar-refractivity contribution < 1.29 is 33.8 Å².